The average molecular weight is 521 g/mol. The Hall–Kier alpha value is -4.11. The number of aromatic hydroxyl groups is 1. The maximum absolute atomic E-state index is 12.4. The number of aromatic nitrogens is 2. The van der Waals surface area contributed by atoms with E-state index < -0.39 is 5.91 Å². The van der Waals surface area contributed by atoms with Crippen molar-refractivity contribution in [2.24, 2.45) is 5.10 Å². The van der Waals surface area contributed by atoms with Crippen molar-refractivity contribution >= 4 is 28.1 Å². The SMILES string of the molecule is COc1cc(-c2cc(C(=O)N/N=C\c3cc(Br)ccc3O)[nH]n2)ccc1OCc1ccccc1. The van der Waals surface area contributed by atoms with Crippen LogP contribution in [0.4, 0.5) is 0 Å². The van der Waals surface area contributed by atoms with Gasteiger partial charge < -0.3 is 14.6 Å². The molecule has 4 rings (SSSR count). The minimum absolute atomic E-state index is 0.0511. The third-order valence-electron chi connectivity index (χ3n) is 4.88. The van der Waals surface area contributed by atoms with E-state index in [0.717, 1.165) is 15.6 Å². The van der Waals surface area contributed by atoms with Gasteiger partial charge in [0.25, 0.3) is 5.91 Å². The van der Waals surface area contributed by atoms with Crippen molar-refractivity contribution in [3.63, 3.8) is 0 Å². The quantitative estimate of drug-likeness (QED) is 0.226. The molecule has 3 aromatic carbocycles. The van der Waals surface area contributed by atoms with Crippen LogP contribution >= 0.6 is 15.9 Å². The number of hydrazone groups is 1. The summed E-state index contributed by atoms with van der Waals surface area (Å²) < 4.78 is 12.1. The van der Waals surface area contributed by atoms with Gasteiger partial charge in [-0.05, 0) is 48.0 Å². The van der Waals surface area contributed by atoms with Gasteiger partial charge in [-0.25, -0.2) is 5.43 Å². The first-order chi connectivity index (χ1) is 16.5. The number of ether oxygens (including phenoxy) is 2. The van der Waals surface area contributed by atoms with Gasteiger partial charge in [0.05, 0.1) is 19.0 Å². The second-order valence-corrected chi connectivity index (χ2v) is 8.12. The van der Waals surface area contributed by atoms with Crippen molar-refractivity contribution < 1.29 is 19.4 Å². The highest BCUT2D eigenvalue weighted by Crippen LogP contribution is 2.32. The highest BCUT2D eigenvalue weighted by molar-refractivity contribution is 9.10. The summed E-state index contributed by atoms with van der Waals surface area (Å²) in [6.45, 7) is 0.418. The predicted octanol–water partition coefficient (Wildman–Crippen LogP) is 4.90. The molecule has 0 saturated carbocycles. The molecular weight excluding hydrogens is 500 g/mol. The van der Waals surface area contributed by atoms with E-state index in [-0.39, 0.29) is 11.4 Å². The number of aromatic amines is 1. The van der Waals surface area contributed by atoms with E-state index in [1.54, 1.807) is 37.4 Å². The van der Waals surface area contributed by atoms with Crippen LogP contribution in [0.15, 0.2) is 82.4 Å². The molecule has 0 radical (unpaired) electrons. The number of nitrogens with zero attached hydrogens (tertiary/aromatic N) is 2. The molecule has 1 aromatic heterocycles. The highest BCUT2D eigenvalue weighted by Gasteiger charge is 2.13. The van der Waals surface area contributed by atoms with Gasteiger partial charge in [0, 0.05) is 15.6 Å². The van der Waals surface area contributed by atoms with E-state index in [2.05, 4.69) is 36.7 Å². The van der Waals surface area contributed by atoms with Crippen molar-refractivity contribution in [1.82, 2.24) is 15.6 Å². The lowest BCUT2D eigenvalue weighted by molar-refractivity contribution is 0.0950. The summed E-state index contributed by atoms with van der Waals surface area (Å²) in [4.78, 5) is 12.4. The molecule has 9 heteroatoms. The molecule has 0 atom stereocenters. The maximum Gasteiger partial charge on any atom is 0.289 e. The van der Waals surface area contributed by atoms with Crippen LogP contribution in [0.5, 0.6) is 17.2 Å². The third-order valence-corrected chi connectivity index (χ3v) is 5.37. The summed E-state index contributed by atoms with van der Waals surface area (Å²) in [7, 11) is 1.57. The predicted molar refractivity (Wildman–Crippen MR) is 132 cm³/mol. The number of phenols is 1. The Kier molecular flexibility index (Phi) is 7.24. The number of hydrogen-bond acceptors (Lipinski definition) is 6. The second-order valence-electron chi connectivity index (χ2n) is 7.21. The number of halogens is 1. The van der Waals surface area contributed by atoms with Gasteiger partial charge >= 0.3 is 0 Å². The number of benzene rings is 3. The first-order valence-electron chi connectivity index (χ1n) is 10.3. The molecule has 0 aliphatic rings. The van der Waals surface area contributed by atoms with E-state index in [1.807, 2.05) is 36.4 Å². The van der Waals surface area contributed by atoms with Gasteiger partial charge in [-0.2, -0.15) is 10.2 Å². The fourth-order valence-corrected chi connectivity index (χ4v) is 3.50. The number of amides is 1. The molecular formula is C25H21BrN4O4. The van der Waals surface area contributed by atoms with Crippen LogP contribution in [0.25, 0.3) is 11.3 Å². The summed E-state index contributed by atoms with van der Waals surface area (Å²) >= 11 is 3.32. The molecule has 0 bridgehead atoms. The fourth-order valence-electron chi connectivity index (χ4n) is 3.12. The summed E-state index contributed by atoms with van der Waals surface area (Å²) in [6, 6.07) is 21.8. The standard InChI is InChI=1S/C25H21BrN4O4/c1-33-24-12-17(7-10-23(24)34-15-16-5-3-2-4-6-16)20-13-21(29-28-20)25(32)30-27-14-18-11-19(26)8-9-22(18)31/h2-14,31H,15H2,1H3,(H,28,29)(H,30,32)/b27-14-. The van der Waals surface area contributed by atoms with Crippen molar-refractivity contribution in [3.05, 3.63) is 94.1 Å². The van der Waals surface area contributed by atoms with Crippen LogP contribution in [-0.2, 0) is 6.61 Å². The first-order valence-corrected chi connectivity index (χ1v) is 11.1. The van der Waals surface area contributed by atoms with Crippen molar-refractivity contribution in [2.45, 2.75) is 6.61 Å². The van der Waals surface area contributed by atoms with Gasteiger partial charge in [0.1, 0.15) is 18.1 Å². The molecule has 0 aliphatic heterocycles. The lowest BCUT2D eigenvalue weighted by Crippen LogP contribution is -2.18. The lowest BCUT2D eigenvalue weighted by atomic mass is 10.1. The Bertz CT molecular complexity index is 1320. The molecule has 3 N–H and O–H groups in total. The van der Waals surface area contributed by atoms with Gasteiger partial charge in [-0.15, -0.1) is 0 Å². The van der Waals surface area contributed by atoms with Crippen LogP contribution in [-0.4, -0.2) is 34.5 Å². The number of H-pyrrole nitrogens is 1. The second kappa shape index (κ2) is 10.7. The summed E-state index contributed by atoms with van der Waals surface area (Å²) in [5.74, 6) is 0.740. The summed E-state index contributed by atoms with van der Waals surface area (Å²) in [5, 5.41) is 20.7. The number of rotatable bonds is 8. The molecule has 0 spiro atoms. The van der Waals surface area contributed by atoms with Crippen LogP contribution in [0.3, 0.4) is 0 Å². The van der Waals surface area contributed by atoms with E-state index >= 15 is 0 Å². The largest absolute Gasteiger partial charge is 0.507 e. The summed E-state index contributed by atoms with van der Waals surface area (Å²) in [5.41, 5.74) is 5.47. The number of hydrogen-bond donors (Lipinski definition) is 3. The Morgan fingerprint density at radius 3 is 2.74 bits per heavy atom. The van der Waals surface area contributed by atoms with Crippen LogP contribution in [0, 0.1) is 0 Å². The van der Waals surface area contributed by atoms with Gasteiger partial charge in [0.2, 0.25) is 0 Å². The number of nitrogens with one attached hydrogen (secondary N) is 2. The topological polar surface area (TPSA) is 109 Å². The van der Waals surface area contributed by atoms with Crippen molar-refractivity contribution in [3.8, 4) is 28.5 Å². The Morgan fingerprint density at radius 1 is 1.12 bits per heavy atom. The third kappa shape index (κ3) is 5.62. The molecule has 4 aromatic rings. The Labute approximate surface area is 204 Å². The molecule has 1 amide bonds. The fraction of sp³-hybridized carbons (Fsp3) is 0.0800. The van der Waals surface area contributed by atoms with Gasteiger partial charge in [0.15, 0.2) is 11.5 Å². The maximum atomic E-state index is 12.4. The molecule has 0 aliphatic carbocycles. The zero-order valence-corrected chi connectivity index (χ0v) is 19.7. The molecule has 8 nitrogen and oxygen atoms in total. The molecule has 1 heterocycles. The normalized spacial score (nSPS) is 10.9. The smallest absolute Gasteiger partial charge is 0.289 e. The molecule has 34 heavy (non-hydrogen) atoms. The van der Waals surface area contributed by atoms with Gasteiger partial charge in [-0.1, -0.05) is 46.3 Å². The van der Waals surface area contributed by atoms with Crippen LogP contribution in [0.1, 0.15) is 21.6 Å². The number of methoxy groups -OCH3 is 1. The number of carbonyl (C=O) groups is 1. The van der Waals surface area contributed by atoms with E-state index in [1.165, 1.54) is 12.3 Å². The molecule has 172 valence electrons. The van der Waals surface area contributed by atoms with E-state index in [0.29, 0.717) is 29.4 Å². The minimum Gasteiger partial charge on any atom is -0.507 e. The van der Waals surface area contributed by atoms with Gasteiger partial charge in [-0.3, -0.25) is 9.89 Å². The Morgan fingerprint density at radius 2 is 1.94 bits per heavy atom. The van der Waals surface area contributed by atoms with Crippen LogP contribution in [0.2, 0.25) is 0 Å². The lowest BCUT2D eigenvalue weighted by Gasteiger charge is -2.11. The number of carbonyl (C=O) groups excluding carboxylic acids is 1. The summed E-state index contributed by atoms with van der Waals surface area (Å²) in [6.07, 6.45) is 1.36. The molecule has 0 saturated heterocycles. The van der Waals surface area contributed by atoms with Crippen molar-refractivity contribution in [1.29, 1.82) is 0 Å². The number of phenolic OH excluding ortho intramolecular Hbond substituents is 1. The molecule has 0 fully saturated rings. The minimum atomic E-state index is -0.473. The monoisotopic (exact) mass is 520 g/mol. The van der Waals surface area contributed by atoms with E-state index in [9.17, 15) is 9.90 Å². The van der Waals surface area contributed by atoms with Crippen molar-refractivity contribution in [2.75, 3.05) is 7.11 Å². The zero-order chi connectivity index (χ0) is 23.9. The molecule has 0 unspecified atom stereocenters. The average Bonchev–Trinajstić information content (AvgIpc) is 3.36. The van der Waals surface area contributed by atoms with Crippen LogP contribution < -0.4 is 14.9 Å². The zero-order valence-electron chi connectivity index (χ0n) is 18.2. The van der Waals surface area contributed by atoms with E-state index in [4.69, 9.17) is 9.47 Å². The highest BCUT2D eigenvalue weighted by atomic mass is 79.9. The Balaban J connectivity index is 1.43. The first kappa shape index (κ1) is 23.1.